The number of quaternary nitrogens is 1. The summed E-state index contributed by atoms with van der Waals surface area (Å²) in [4.78, 5) is 35.1. The Balaban J connectivity index is 4.07. The lowest BCUT2D eigenvalue weighted by Gasteiger charge is -2.24. The number of allylic oxidation sites excluding steroid dienone is 24. The molecular formula is C60H97NO8P+. The van der Waals surface area contributed by atoms with Gasteiger partial charge in [0.15, 0.2) is 6.10 Å². The van der Waals surface area contributed by atoms with Crippen LogP contribution in [0.3, 0.4) is 0 Å². The summed E-state index contributed by atoms with van der Waals surface area (Å²) in [6.45, 7) is 4.14. The molecule has 0 aliphatic rings. The predicted octanol–water partition coefficient (Wildman–Crippen LogP) is 16.4. The van der Waals surface area contributed by atoms with Crippen LogP contribution in [0.15, 0.2) is 146 Å². The topological polar surface area (TPSA) is 108 Å². The maximum Gasteiger partial charge on any atom is 0.472 e. The van der Waals surface area contributed by atoms with Crippen LogP contribution in [0, 0.1) is 0 Å². The van der Waals surface area contributed by atoms with Gasteiger partial charge < -0.3 is 18.9 Å². The van der Waals surface area contributed by atoms with E-state index in [2.05, 4.69) is 160 Å². The number of esters is 2. The largest absolute Gasteiger partial charge is 0.472 e. The molecular weight excluding hydrogens is 894 g/mol. The van der Waals surface area contributed by atoms with Crippen molar-refractivity contribution in [2.24, 2.45) is 0 Å². The van der Waals surface area contributed by atoms with Gasteiger partial charge in [0, 0.05) is 12.8 Å². The van der Waals surface area contributed by atoms with Gasteiger partial charge in [-0.15, -0.1) is 0 Å². The molecule has 70 heavy (non-hydrogen) atoms. The van der Waals surface area contributed by atoms with Crippen LogP contribution in [0.1, 0.15) is 168 Å². The number of ether oxygens (including phenoxy) is 2. The maximum atomic E-state index is 12.7. The molecule has 0 saturated carbocycles. The summed E-state index contributed by atoms with van der Waals surface area (Å²) in [6.07, 6.45) is 74.1. The Kier molecular flexibility index (Phi) is 46.9. The van der Waals surface area contributed by atoms with Crippen LogP contribution in [0.2, 0.25) is 0 Å². The van der Waals surface area contributed by atoms with Crippen LogP contribution in [0.25, 0.3) is 0 Å². The third-order valence-corrected chi connectivity index (χ3v) is 11.4. The number of carbonyl (C=O) groups is 2. The predicted molar refractivity (Wildman–Crippen MR) is 297 cm³/mol. The second kappa shape index (κ2) is 49.9. The second-order valence-corrected chi connectivity index (χ2v) is 19.6. The third kappa shape index (κ3) is 53.2. The highest BCUT2D eigenvalue weighted by atomic mass is 31.2. The second-order valence-electron chi connectivity index (χ2n) is 18.2. The molecule has 0 bridgehead atoms. The zero-order valence-electron chi connectivity index (χ0n) is 44.4. The lowest BCUT2D eigenvalue weighted by Crippen LogP contribution is -2.37. The van der Waals surface area contributed by atoms with Crippen molar-refractivity contribution >= 4 is 19.8 Å². The quantitative estimate of drug-likeness (QED) is 0.0211. The zero-order chi connectivity index (χ0) is 51.3. The highest BCUT2D eigenvalue weighted by molar-refractivity contribution is 7.47. The summed E-state index contributed by atoms with van der Waals surface area (Å²) in [7, 11) is 1.43. The molecule has 0 aromatic heterocycles. The van der Waals surface area contributed by atoms with E-state index in [1.165, 1.54) is 0 Å². The molecule has 394 valence electrons. The van der Waals surface area contributed by atoms with Gasteiger partial charge in [-0.05, 0) is 103 Å². The van der Waals surface area contributed by atoms with Crippen LogP contribution in [0.4, 0.5) is 0 Å². The Morgan fingerprint density at radius 1 is 0.457 bits per heavy atom. The van der Waals surface area contributed by atoms with E-state index in [0.717, 1.165) is 135 Å². The SMILES string of the molecule is CC/C=C\C/C=C\C/C=C\C/C=C\C/C=C\C/C=C\C/C=C\C/C=C\C/C=C\C/C=C\C/C=C\C/C=C\CCCCCCC(=O)OC(COC(=O)CCCCCCC)COP(=O)(O)OCC[N+](C)(C)C. The van der Waals surface area contributed by atoms with Crippen LogP contribution >= 0.6 is 7.82 Å². The molecule has 2 unspecified atom stereocenters. The number of nitrogens with zero attached hydrogens (tertiary/aromatic N) is 1. The monoisotopic (exact) mass is 991 g/mol. The Bertz CT molecular complexity index is 1690. The lowest BCUT2D eigenvalue weighted by atomic mass is 10.1. The summed E-state index contributed by atoms with van der Waals surface area (Å²) in [5, 5.41) is 0. The minimum absolute atomic E-state index is 0.0192. The van der Waals surface area contributed by atoms with E-state index in [9.17, 15) is 19.0 Å². The van der Waals surface area contributed by atoms with Crippen molar-refractivity contribution in [3.63, 3.8) is 0 Å². The Morgan fingerprint density at radius 3 is 1.20 bits per heavy atom. The molecule has 0 aliphatic heterocycles. The molecule has 0 fully saturated rings. The summed E-state index contributed by atoms with van der Waals surface area (Å²) in [5.74, 6) is -0.856. The molecule has 0 saturated heterocycles. The lowest BCUT2D eigenvalue weighted by molar-refractivity contribution is -0.870. The first kappa shape index (κ1) is 65.9. The fraction of sp³-hybridized carbons (Fsp3) is 0.567. The van der Waals surface area contributed by atoms with Gasteiger partial charge in [-0.25, -0.2) is 4.57 Å². The molecule has 0 aliphatic carbocycles. The van der Waals surface area contributed by atoms with E-state index in [1.54, 1.807) is 0 Å². The highest BCUT2D eigenvalue weighted by Gasteiger charge is 2.27. The standard InChI is InChI=1S/C60H96NO8P/c1-6-8-10-12-13-14-15-16-17-18-19-20-21-22-23-24-25-26-27-28-29-30-31-32-33-34-35-36-37-38-39-40-41-42-43-44-45-46-47-49-51-53-60(63)69-58(56-66-59(62)52-50-48-11-9-7-2)57-68-70(64,65)67-55-54-61(3,4)5/h8,10,13-14,16-17,19-20,22-23,25-26,28-29,31-32,34-35,37-38,40-41,43-44,58H,6-7,9,11-12,15,18,21,24,27,30,33,36,39,42,45-57H2,1-5H3/p+1/b10-8-,14-13-,17-16-,20-19-,23-22-,26-25-,29-28-,32-31-,35-34-,38-37-,41-40-,44-43-. The van der Waals surface area contributed by atoms with Gasteiger partial charge in [0.2, 0.25) is 0 Å². The first-order valence-corrected chi connectivity index (χ1v) is 28.1. The molecule has 9 nitrogen and oxygen atoms in total. The van der Waals surface area contributed by atoms with Gasteiger partial charge >= 0.3 is 19.8 Å². The number of phosphoric ester groups is 1. The van der Waals surface area contributed by atoms with Crippen LogP contribution < -0.4 is 0 Å². The first-order chi connectivity index (χ1) is 34.0. The van der Waals surface area contributed by atoms with Gasteiger partial charge in [-0.1, -0.05) is 198 Å². The molecule has 0 aromatic carbocycles. The summed E-state index contributed by atoms with van der Waals surface area (Å²) >= 11 is 0. The van der Waals surface area contributed by atoms with E-state index >= 15 is 0 Å². The molecule has 2 atom stereocenters. The molecule has 0 heterocycles. The van der Waals surface area contributed by atoms with Crippen molar-refractivity contribution in [1.29, 1.82) is 0 Å². The van der Waals surface area contributed by atoms with Gasteiger partial charge in [-0.3, -0.25) is 18.6 Å². The number of hydrogen-bond donors (Lipinski definition) is 1. The molecule has 0 spiro atoms. The first-order valence-electron chi connectivity index (χ1n) is 26.6. The van der Waals surface area contributed by atoms with E-state index in [-0.39, 0.29) is 26.1 Å². The fourth-order valence-electron chi connectivity index (χ4n) is 6.29. The fourth-order valence-corrected chi connectivity index (χ4v) is 7.03. The number of hydrogen-bond acceptors (Lipinski definition) is 7. The third-order valence-electron chi connectivity index (χ3n) is 10.4. The van der Waals surface area contributed by atoms with Gasteiger partial charge in [-0.2, -0.15) is 0 Å². The minimum atomic E-state index is -4.38. The van der Waals surface area contributed by atoms with Crippen LogP contribution in [-0.4, -0.2) is 74.9 Å². The summed E-state index contributed by atoms with van der Waals surface area (Å²) in [5.41, 5.74) is 0. The highest BCUT2D eigenvalue weighted by Crippen LogP contribution is 2.43. The van der Waals surface area contributed by atoms with Crippen LogP contribution in [-0.2, 0) is 32.7 Å². The number of likely N-dealkylation sites (N-methyl/N-ethyl adjacent to an activating group) is 1. The van der Waals surface area contributed by atoms with Crippen molar-refractivity contribution in [2.75, 3.05) is 47.5 Å². The molecule has 1 N–H and O–H groups in total. The molecule has 0 aromatic rings. The maximum absolute atomic E-state index is 12.7. The minimum Gasteiger partial charge on any atom is -0.462 e. The Hall–Kier alpha value is -4.11. The number of rotatable bonds is 46. The average molecular weight is 991 g/mol. The molecule has 0 amide bonds. The molecule has 0 rings (SSSR count). The van der Waals surface area contributed by atoms with Crippen molar-refractivity contribution in [1.82, 2.24) is 0 Å². The van der Waals surface area contributed by atoms with Crippen LogP contribution in [0.5, 0.6) is 0 Å². The number of phosphoric acid groups is 1. The van der Waals surface area contributed by atoms with E-state index in [1.807, 2.05) is 21.1 Å². The van der Waals surface area contributed by atoms with Gasteiger partial charge in [0.25, 0.3) is 0 Å². The van der Waals surface area contributed by atoms with Gasteiger partial charge in [0.1, 0.15) is 19.8 Å². The summed E-state index contributed by atoms with van der Waals surface area (Å²) < 4.78 is 34.1. The molecule has 0 radical (unpaired) electrons. The summed E-state index contributed by atoms with van der Waals surface area (Å²) in [6, 6.07) is 0. The van der Waals surface area contributed by atoms with E-state index in [4.69, 9.17) is 18.5 Å². The zero-order valence-corrected chi connectivity index (χ0v) is 45.3. The van der Waals surface area contributed by atoms with Crippen molar-refractivity contribution in [3.05, 3.63) is 146 Å². The number of unbranched alkanes of at least 4 members (excludes halogenated alkanes) is 8. The Labute approximate surface area is 427 Å². The van der Waals surface area contributed by atoms with E-state index in [0.29, 0.717) is 17.4 Å². The van der Waals surface area contributed by atoms with Gasteiger partial charge in [0.05, 0.1) is 27.7 Å². The van der Waals surface area contributed by atoms with Crippen molar-refractivity contribution in [2.45, 2.75) is 174 Å². The average Bonchev–Trinajstić information content (AvgIpc) is 3.32. The normalized spacial score (nSPS) is 14.5. The number of carbonyl (C=O) groups excluding carboxylic acids is 2. The Morgan fingerprint density at radius 2 is 0.814 bits per heavy atom. The smallest absolute Gasteiger partial charge is 0.462 e. The van der Waals surface area contributed by atoms with Crippen molar-refractivity contribution < 1.29 is 42.1 Å². The van der Waals surface area contributed by atoms with Crippen molar-refractivity contribution in [3.8, 4) is 0 Å². The van der Waals surface area contributed by atoms with E-state index < -0.39 is 32.5 Å². The molecule has 10 heteroatoms.